The van der Waals surface area contributed by atoms with Gasteiger partial charge in [-0.05, 0) is 13.8 Å². The molecule has 1 aromatic rings. The van der Waals surface area contributed by atoms with E-state index < -0.39 is 17.9 Å². The molecule has 8 heteroatoms. The van der Waals surface area contributed by atoms with Crippen molar-refractivity contribution >= 4 is 34.4 Å². The number of hydrogen-bond donors (Lipinski definition) is 3. The molecule has 0 saturated carbocycles. The Balaban J connectivity index is 2.52. The van der Waals surface area contributed by atoms with Gasteiger partial charge in [0.25, 0.3) is 5.91 Å². The molecule has 0 radical (unpaired) electrons. The highest BCUT2D eigenvalue weighted by molar-refractivity contribution is 7.15. The zero-order chi connectivity index (χ0) is 13.7. The Morgan fingerprint density at radius 1 is 1.28 bits per heavy atom. The number of carbonyl (C=O) groups is 3. The molecule has 1 aromatic heterocycles. The summed E-state index contributed by atoms with van der Waals surface area (Å²) >= 11 is 1.28. The van der Waals surface area contributed by atoms with Crippen molar-refractivity contribution in [2.24, 2.45) is 0 Å². The van der Waals surface area contributed by atoms with Crippen LogP contribution in [0, 0.1) is 13.8 Å². The topological polar surface area (TPSA) is 108 Å². The highest BCUT2D eigenvalue weighted by Gasteiger charge is 2.09. The maximum absolute atomic E-state index is 11.3. The molecule has 0 bridgehead atoms. The van der Waals surface area contributed by atoms with Crippen LogP contribution in [-0.2, 0) is 9.59 Å². The number of urea groups is 1. The van der Waals surface area contributed by atoms with E-state index in [1.54, 1.807) is 6.92 Å². The molecule has 0 fully saturated rings. The fourth-order valence-electron chi connectivity index (χ4n) is 0.955. The highest BCUT2D eigenvalue weighted by atomic mass is 32.1. The number of amides is 3. The average molecular weight is 269 g/mol. The van der Waals surface area contributed by atoms with Gasteiger partial charge in [0.05, 0.1) is 5.69 Å². The van der Waals surface area contributed by atoms with Gasteiger partial charge in [-0.1, -0.05) is 0 Å². The number of thiazole rings is 1. The van der Waals surface area contributed by atoms with Gasteiger partial charge >= 0.3 is 12.0 Å². The van der Waals surface area contributed by atoms with E-state index in [-0.39, 0.29) is 0 Å². The minimum atomic E-state index is -1.27. The third kappa shape index (κ3) is 4.34. The van der Waals surface area contributed by atoms with Crippen molar-refractivity contribution in [3.63, 3.8) is 0 Å². The van der Waals surface area contributed by atoms with Gasteiger partial charge < -0.3 is 5.11 Å². The van der Waals surface area contributed by atoms with Crippen LogP contribution < -0.4 is 10.6 Å². The Bertz CT molecular complexity index is 502. The predicted molar refractivity (Wildman–Crippen MR) is 65.5 cm³/mol. The van der Waals surface area contributed by atoms with E-state index in [2.05, 4.69) is 10.3 Å². The second-order valence-electron chi connectivity index (χ2n) is 3.28. The quantitative estimate of drug-likeness (QED) is 0.711. The number of carboxylic acid groups (broad SMARTS) is 1. The Labute approximate surface area is 107 Å². The van der Waals surface area contributed by atoms with Crippen LogP contribution in [0.4, 0.5) is 9.93 Å². The minimum Gasteiger partial charge on any atom is -0.478 e. The number of nitrogens with one attached hydrogen (secondary N) is 2. The third-order valence-corrected chi connectivity index (χ3v) is 2.85. The lowest BCUT2D eigenvalue weighted by atomic mass is 10.4. The van der Waals surface area contributed by atoms with Crippen LogP contribution in [0.15, 0.2) is 12.2 Å². The lowest BCUT2D eigenvalue weighted by Crippen LogP contribution is -2.33. The number of anilines is 1. The van der Waals surface area contributed by atoms with E-state index in [1.165, 1.54) is 11.3 Å². The molecule has 96 valence electrons. The molecule has 0 unspecified atom stereocenters. The number of carbonyl (C=O) groups excluding carboxylic acids is 2. The molecule has 18 heavy (non-hydrogen) atoms. The lowest BCUT2D eigenvalue weighted by Gasteiger charge is -2.00. The van der Waals surface area contributed by atoms with Crippen LogP contribution in [0.5, 0.6) is 0 Å². The first-order chi connectivity index (χ1) is 8.38. The molecule has 3 amide bonds. The van der Waals surface area contributed by atoms with E-state index in [1.807, 2.05) is 12.2 Å². The maximum Gasteiger partial charge on any atom is 0.328 e. The summed E-state index contributed by atoms with van der Waals surface area (Å²) in [5, 5.41) is 13.0. The molecule has 0 atom stereocenters. The Hall–Kier alpha value is -2.22. The van der Waals surface area contributed by atoms with Crippen LogP contribution in [-0.4, -0.2) is 28.0 Å². The fraction of sp³-hybridized carbons (Fsp3) is 0.200. The molecule has 0 saturated heterocycles. The van der Waals surface area contributed by atoms with Crippen LogP contribution in [0.3, 0.4) is 0 Å². The largest absolute Gasteiger partial charge is 0.478 e. The molecule has 7 nitrogen and oxygen atoms in total. The summed E-state index contributed by atoms with van der Waals surface area (Å²) in [6.07, 6.45) is 1.39. The van der Waals surface area contributed by atoms with Crippen molar-refractivity contribution in [3.8, 4) is 0 Å². The van der Waals surface area contributed by atoms with Crippen molar-refractivity contribution in [2.75, 3.05) is 5.32 Å². The van der Waals surface area contributed by atoms with Gasteiger partial charge in [0.1, 0.15) is 0 Å². The van der Waals surface area contributed by atoms with Crippen molar-refractivity contribution in [3.05, 3.63) is 22.7 Å². The molecule has 1 heterocycles. The van der Waals surface area contributed by atoms with Crippen molar-refractivity contribution < 1.29 is 19.5 Å². The van der Waals surface area contributed by atoms with Gasteiger partial charge in [-0.25, -0.2) is 14.6 Å². The fourth-order valence-corrected chi connectivity index (χ4v) is 1.76. The molecular weight excluding hydrogens is 258 g/mol. The summed E-state index contributed by atoms with van der Waals surface area (Å²) in [5.74, 6) is -2.09. The number of aryl methyl sites for hydroxylation is 2. The molecule has 0 spiro atoms. The monoisotopic (exact) mass is 269 g/mol. The molecule has 0 aromatic carbocycles. The second kappa shape index (κ2) is 5.92. The highest BCUT2D eigenvalue weighted by Crippen LogP contribution is 2.20. The third-order valence-electron chi connectivity index (χ3n) is 1.86. The number of carboxylic acids is 1. The molecule has 0 aliphatic carbocycles. The number of nitrogens with zero attached hydrogens (tertiary/aromatic N) is 1. The zero-order valence-corrected chi connectivity index (χ0v) is 10.5. The molecule has 0 aliphatic rings. The van der Waals surface area contributed by atoms with Crippen LogP contribution in [0.1, 0.15) is 10.6 Å². The van der Waals surface area contributed by atoms with Gasteiger partial charge in [0, 0.05) is 17.0 Å². The number of aromatic nitrogens is 1. The van der Waals surface area contributed by atoms with E-state index in [9.17, 15) is 14.4 Å². The first-order valence-corrected chi connectivity index (χ1v) is 5.67. The maximum atomic E-state index is 11.3. The first-order valence-electron chi connectivity index (χ1n) is 4.85. The molecule has 0 aliphatic heterocycles. The van der Waals surface area contributed by atoms with Crippen LogP contribution in [0.25, 0.3) is 0 Å². The Kier molecular flexibility index (Phi) is 4.55. The summed E-state index contributed by atoms with van der Waals surface area (Å²) in [7, 11) is 0. The Morgan fingerprint density at radius 2 is 1.94 bits per heavy atom. The number of imide groups is 1. The zero-order valence-electron chi connectivity index (χ0n) is 9.68. The van der Waals surface area contributed by atoms with Crippen molar-refractivity contribution in [1.29, 1.82) is 0 Å². The van der Waals surface area contributed by atoms with Gasteiger partial charge in [0.2, 0.25) is 0 Å². The van der Waals surface area contributed by atoms with Crippen molar-refractivity contribution in [1.82, 2.24) is 10.3 Å². The summed E-state index contributed by atoms with van der Waals surface area (Å²) < 4.78 is 0. The second-order valence-corrected chi connectivity index (χ2v) is 4.48. The molecular formula is C10H11N3O4S. The van der Waals surface area contributed by atoms with Crippen molar-refractivity contribution in [2.45, 2.75) is 13.8 Å². The summed E-state index contributed by atoms with van der Waals surface area (Å²) in [6.45, 7) is 3.66. The smallest absolute Gasteiger partial charge is 0.328 e. The van der Waals surface area contributed by atoms with Gasteiger partial charge in [-0.15, -0.1) is 11.3 Å². The number of aliphatic carboxylic acids is 1. The van der Waals surface area contributed by atoms with Gasteiger partial charge in [0.15, 0.2) is 5.13 Å². The molecule has 3 N–H and O–H groups in total. The summed E-state index contributed by atoms with van der Waals surface area (Å²) in [6, 6.07) is -0.760. The number of rotatable bonds is 3. The average Bonchev–Trinajstić information content (AvgIpc) is 2.54. The van der Waals surface area contributed by atoms with E-state index >= 15 is 0 Å². The molecule has 1 rings (SSSR count). The standard InChI is InChI=1S/C10H11N3O4S/c1-5-6(2)18-10(11-5)13-9(17)12-7(14)3-4-8(15)16/h3-4H,1-2H3,(H,15,16)(H2,11,12,13,14,17). The van der Waals surface area contributed by atoms with E-state index in [4.69, 9.17) is 5.11 Å². The van der Waals surface area contributed by atoms with E-state index in [0.29, 0.717) is 11.2 Å². The number of hydrogen-bond acceptors (Lipinski definition) is 5. The van der Waals surface area contributed by atoms with Gasteiger partial charge in [-0.2, -0.15) is 0 Å². The normalized spacial score (nSPS) is 10.3. The summed E-state index contributed by atoms with van der Waals surface area (Å²) in [5.41, 5.74) is 0.799. The predicted octanol–water partition coefficient (Wildman–Crippen LogP) is 1.05. The SMILES string of the molecule is Cc1nc(NC(=O)NC(=O)C=CC(=O)O)sc1C. The minimum absolute atomic E-state index is 0.373. The first kappa shape index (κ1) is 13.8. The lowest BCUT2D eigenvalue weighted by molar-refractivity contribution is -0.131. The Morgan fingerprint density at radius 3 is 2.44 bits per heavy atom. The summed E-state index contributed by atoms with van der Waals surface area (Å²) in [4.78, 5) is 37.6. The van der Waals surface area contributed by atoms with Crippen LogP contribution in [0.2, 0.25) is 0 Å². The van der Waals surface area contributed by atoms with Crippen LogP contribution >= 0.6 is 11.3 Å². The van der Waals surface area contributed by atoms with E-state index in [0.717, 1.165) is 16.6 Å². The van der Waals surface area contributed by atoms with Gasteiger partial charge in [-0.3, -0.25) is 15.4 Å².